The molecule has 0 saturated carbocycles. The number of aryl methyl sites for hydroxylation is 1. The monoisotopic (exact) mass is 369 g/mol. The Morgan fingerprint density at radius 3 is 2.48 bits per heavy atom. The van der Waals surface area contributed by atoms with Gasteiger partial charge in [-0.15, -0.1) is 0 Å². The van der Waals surface area contributed by atoms with Crippen LogP contribution >= 0.6 is 0 Å². The van der Waals surface area contributed by atoms with Gasteiger partial charge in [0, 0.05) is 12.1 Å². The minimum absolute atomic E-state index is 0.0121. The summed E-state index contributed by atoms with van der Waals surface area (Å²) in [4.78, 5) is 14.7. The summed E-state index contributed by atoms with van der Waals surface area (Å²) < 4.78 is 16.6. The molecule has 1 amide bonds. The van der Waals surface area contributed by atoms with E-state index in [9.17, 15) is 4.79 Å². The van der Waals surface area contributed by atoms with Crippen LogP contribution in [-0.2, 0) is 11.2 Å². The quantitative estimate of drug-likeness (QED) is 0.740. The molecule has 2 aromatic rings. The molecule has 5 heteroatoms. The summed E-state index contributed by atoms with van der Waals surface area (Å²) in [5.74, 6) is 2.24. The molecule has 0 bridgehead atoms. The van der Waals surface area contributed by atoms with Crippen LogP contribution in [0.25, 0.3) is 0 Å². The third-order valence-corrected chi connectivity index (χ3v) is 5.06. The van der Waals surface area contributed by atoms with Gasteiger partial charge in [-0.05, 0) is 55.2 Å². The molecular weight excluding hydrogens is 342 g/mol. The van der Waals surface area contributed by atoms with Crippen molar-refractivity contribution in [3.8, 4) is 17.2 Å². The second-order valence-corrected chi connectivity index (χ2v) is 6.64. The van der Waals surface area contributed by atoms with Crippen LogP contribution in [0.5, 0.6) is 17.2 Å². The molecule has 0 spiro atoms. The first kappa shape index (κ1) is 19.1. The van der Waals surface area contributed by atoms with Gasteiger partial charge in [0.2, 0.25) is 0 Å². The Morgan fingerprint density at radius 2 is 1.81 bits per heavy atom. The van der Waals surface area contributed by atoms with Crippen molar-refractivity contribution in [3.63, 3.8) is 0 Å². The molecule has 0 radical (unpaired) electrons. The molecule has 0 aliphatic carbocycles. The zero-order valence-electron chi connectivity index (χ0n) is 16.2. The highest BCUT2D eigenvalue weighted by Crippen LogP contribution is 2.38. The Labute approximate surface area is 160 Å². The number of hydrogen-bond donors (Lipinski definition) is 0. The van der Waals surface area contributed by atoms with Crippen LogP contribution in [0.2, 0.25) is 0 Å². The molecule has 2 aromatic carbocycles. The van der Waals surface area contributed by atoms with Crippen LogP contribution in [0.3, 0.4) is 0 Å². The predicted octanol–water partition coefficient (Wildman–Crippen LogP) is 4.01. The number of carbonyl (C=O) groups is 1. The van der Waals surface area contributed by atoms with E-state index in [0.717, 1.165) is 48.6 Å². The smallest absolute Gasteiger partial charge is 0.261 e. The third kappa shape index (κ3) is 4.35. The predicted molar refractivity (Wildman–Crippen MR) is 105 cm³/mol. The number of nitrogens with zero attached hydrogens (tertiary/aromatic N) is 1. The third-order valence-electron chi connectivity index (χ3n) is 5.06. The van der Waals surface area contributed by atoms with Gasteiger partial charge in [-0.1, -0.05) is 19.1 Å². The maximum absolute atomic E-state index is 12.8. The summed E-state index contributed by atoms with van der Waals surface area (Å²) in [6.45, 7) is 2.87. The summed E-state index contributed by atoms with van der Waals surface area (Å²) in [7, 11) is 3.29. The van der Waals surface area contributed by atoms with Crippen molar-refractivity contribution in [2.75, 3.05) is 27.4 Å². The number of ether oxygens (including phenoxy) is 3. The van der Waals surface area contributed by atoms with Crippen molar-refractivity contribution in [1.82, 2.24) is 4.90 Å². The van der Waals surface area contributed by atoms with Gasteiger partial charge in [-0.25, -0.2) is 0 Å². The first-order chi connectivity index (χ1) is 13.2. The molecule has 0 aromatic heterocycles. The Morgan fingerprint density at radius 1 is 1.07 bits per heavy atom. The lowest BCUT2D eigenvalue weighted by molar-refractivity contribution is -0.134. The van der Waals surface area contributed by atoms with Crippen molar-refractivity contribution in [3.05, 3.63) is 53.6 Å². The molecule has 27 heavy (non-hydrogen) atoms. The minimum Gasteiger partial charge on any atom is -0.497 e. The Hall–Kier alpha value is -2.69. The largest absolute Gasteiger partial charge is 0.497 e. The zero-order chi connectivity index (χ0) is 19.2. The zero-order valence-corrected chi connectivity index (χ0v) is 16.2. The molecule has 1 aliphatic heterocycles. The number of carbonyl (C=O) groups excluding carboxylic acids is 1. The topological polar surface area (TPSA) is 48.0 Å². The van der Waals surface area contributed by atoms with Crippen LogP contribution in [-0.4, -0.2) is 38.2 Å². The second kappa shape index (κ2) is 8.80. The highest BCUT2D eigenvalue weighted by atomic mass is 16.5. The molecule has 1 fully saturated rings. The van der Waals surface area contributed by atoms with Crippen LogP contribution in [0.15, 0.2) is 42.5 Å². The van der Waals surface area contributed by atoms with Gasteiger partial charge in [0.25, 0.3) is 5.91 Å². The summed E-state index contributed by atoms with van der Waals surface area (Å²) in [5.41, 5.74) is 2.23. The fourth-order valence-corrected chi connectivity index (χ4v) is 3.54. The highest BCUT2D eigenvalue weighted by Gasteiger charge is 2.32. The fourth-order valence-electron chi connectivity index (χ4n) is 3.54. The first-order valence-electron chi connectivity index (χ1n) is 9.39. The summed E-state index contributed by atoms with van der Waals surface area (Å²) in [5, 5.41) is 0. The van der Waals surface area contributed by atoms with E-state index >= 15 is 0 Å². The maximum Gasteiger partial charge on any atom is 0.261 e. The fraction of sp³-hybridized carbons (Fsp3) is 0.409. The van der Waals surface area contributed by atoms with Gasteiger partial charge >= 0.3 is 0 Å². The van der Waals surface area contributed by atoms with E-state index < -0.39 is 0 Å². The van der Waals surface area contributed by atoms with Gasteiger partial charge in [0.05, 0.1) is 20.3 Å². The molecule has 1 aliphatic rings. The van der Waals surface area contributed by atoms with Crippen LogP contribution in [0.1, 0.15) is 36.9 Å². The average molecular weight is 369 g/mol. The first-order valence-corrected chi connectivity index (χ1v) is 9.39. The molecular formula is C22H27NO4. The van der Waals surface area contributed by atoms with E-state index in [0.29, 0.717) is 0 Å². The molecule has 144 valence electrons. The van der Waals surface area contributed by atoms with Crippen molar-refractivity contribution >= 4 is 5.91 Å². The molecule has 1 saturated heterocycles. The number of methoxy groups -OCH3 is 2. The van der Waals surface area contributed by atoms with Crippen LogP contribution in [0.4, 0.5) is 0 Å². The summed E-state index contributed by atoms with van der Waals surface area (Å²) in [6, 6.07) is 13.6. The normalized spacial score (nSPS) is 16.3. The van der Waals surface area contributed by atoms with E-state index in [2.05, 4.69) is 6.92 Å². The van der Waals surface area contributed by atoms with Gasteiger partial charge in [-0.2, -0.15) is 0 Å². The molecule has 5 nitrogen and oxygen atoms in total. The Balaban J connectivity index is 1.70. The van der Waals surface area contributed by atoms with Gasteiger partial charge < -0.3 is 19.1 Å². The SMILES string of the molecule is CCc1ccc(OCC(=O)N2CCC[C@@H]2c2cc(OC)ccc2OC)cc1. The molecule has 0 unspecified atom stereocenters. The van der Waals surface area contributed by atoms with Crippen molar-refractivity contribution in [2.24, 2.45) is 0 Å². The Kier molecular flexibility index (Phi) is 6.22. The summed E-state index contributed by atoms with van der Waals surface area (Å²) >= 11 is 0. The van der Waals surface area contributed by atoms with Crippen molar-refractivity contribution in [2.45, 2.75) is 32.2 Å². The van der Waals surface area contributed by atoms with Gasteiger partial charge in [-0.3, -0.25) is 4.79 Å². The summed E-state index contributed by atoms with van der Waals surface area (Å²) in [6.07, 6.45) is 2.85. The molecule has 1 heterocycles. The van der Waals surface area contributed by atoms with E-state index in [-0.39, 0.29) is 18.6 Å². The van der Waals surface area contributed by atoms with E-state index in [1.807, 2.05) is 47.4 Å². The van der Waals surface area contributed by atoms with Gasteiger partial charge in [0.15, 0.2) is 6.61 Å². The highest BCUT2D eigenvalue weighted by molar-refractivity contribution is 5.78. The standard InChI is InChI=1S/C22H27NO4/c1-4-16-7-9-17(10-8-16)27-15-22(24)23-13-5-6-20(23)19-14-18(25-2)11-12-21(19)26-3/h7-12,14,20H,4-6,13,15H2,1-3H3/t20-/m1/s1. The lowest BCUT2D eigenvalue weighted by Crippen LogP contribution is -2.34. The van der Waals surface area contributed by atoms with Gasteiger partial charge in [0.1, 0.15) is 17.2 Å². The molecule has 3 rings (SSSR count). The molecule has 0 N–H and O–H groups in total. The number of amides is 1. The minimum atomic E-state index is -0.0198. The second-order valence-electron chi connectivity index (χ2n) is 6.64. The van der Waals surface area contributed by atoms with E-state index in [4.69, 9.17) is 14.2 Å². The average Bonchev–Trinajstić information content (AvgIpc) is 3.21. The van der Waals surface area contributed by atoms with Crippen molar-refractivity contribution < 1.29 is 19.0 Å². The van der Waals surface area contributed by atoms with E-state index in [1.54, 1.807) is 14.2 Å². The van der Waals surface area contributed by atoms with E-state index in [1.165, 1.54) is 5.56 Å². The number of hydrogen-bond acceptors (Lipinski definition) is 4. The van der Waals surface area contributed by atoms with Crippen molar-refractivity contribution in [1.29, 1.82) is 0 Å². The van der Waals surface area contributed by atoms with Crippen LogP contribution in [0, 0.1) is 0 Å². The number of benzene rings is 2. The van der Waals surface area contributed by atoms with Crippen LogP contribution < -0.4 is 14.2 Å². The lowest BCUT2D eigenvalue weighted by Gasteiger charge is -2.26. The maximum atomic E-state index is 12.8. The Bertz CT molecular complexity index is 772. The lowest BCUT2D eigenvalue weighted by atomic mass is 10.0. The number of rotatable bonds is 7. The molecule has 1 atom stereocenters. The number of likely N-dealkylation sites (tertiary alicyclic amines) is 1.